The number of ketones is 3. The lowest BCUT2D eigenvalue weighted by molar-refractivity contribution is -0.265. The van der Waals surface area contributed by atoms with Gasteiger partial charge in [0.05, 0.1) is 24.4 Å². The predicted molar refractivity (Wildman–Crippen MR) is 236 cm³/mol. The highest BCUT2D eigenvalue weighted by atomic mass is 16.6. The van der Waals surface area contributed by atoms with Crippen LogP contribution < -0.4 is 0 Å². The molecule has 0 aromatic heterocycles. The highest BCUT2D eigenvalue weighted by Gasteiger charge is 2.53. The van der Waals surface area contributed by atoms with Crippen molar-refractivity contribution in [1.29, 1.82) is 0 Å². The van der Waals surface area contributed by atoms with Gasteiger partial charge in [0.2, 0.25) is 5.79 Å². The molecular weight excluding hydrogens is 811 g/mol. The lowest BCUT2D eigenvalue weighted by atomic mass is 9.78. The molecule has 5 N–H and O–H groups in total. The van der Waals surface area contributed by atoms with E-state index in [1.165, 1.54) is 6.08 Å². The zero-order valence-corrected chi connectivity index (χ0v) is 38.7. The van der Waals surface area contributed by atoms with Crippen molar-refractivity contribution in [2.75, 3.05) is 13.7 Å². The predicted octanol–water partition coefficient (Wildman–Crippen LogP) is 4.87. The van der Waals surface area contributed by atoms with E-state index in [-0.39, 0.29) is 61.0 Å². The van der Waals surface area contributed by atoms with Crippen LogP contribution in [0.3, 0.4) is 0 Å². The van der Waals surface area contributed by atoms with Gasteiger partial charge in [-0.3, -0.25) is 19.2 Å². The molecule has 1 saturated carbocycles. The summed E-state index contributed by atoms with van der Waals surface area (Å²) in [6.45, 7) is 12.1. The number of carbonyl (C=O) groups is 5. The summed E-state index contributed by atoms with van der Waals surface area (Å²) in [7, 11) is 1.55. The van der Waals surface area contributed by atoms with Crippen LogP contribution in [0, 0.1) is 35.5 Å². The minimum atomic E-state index is -2.49. The number of hydrogen-bond acceptors (Lipinski definition) is 13. The Bertz CT molecular complexity index is 1720. The smallest absolute Gasteiger partial charge is 0.329 e. The van der Waals surface area contributed by atoms with E-state index in [0.717, 1.165) is 4.90 Å². The molecule has 0 radical (unpaired) electrons. The van der Waals surface area contributed by atoms with Gasteiger partial charge in [-0.15, -0.1) is 0 Å². The van der Waals surface area contributed by atoms with Crippen molar-refractivity contribution in [2.24, 2.45) is 35.5 Å². The number of cyclic esters (lactones) is 1. The third-order valence-electron chi connectivity index (χ3n) is 14.0. The molecule has 2 saturated heterocycles. The molecule has 15 atom stereocenters. The molecule has 1 aliphatic carbocycles. The van der Waals surface area contributed by atoms with Crippen LogP contribution in [0.2, 0.25) is 0 Å². The quantitative estimate of drug-likeness (QED) is 0.145. The van der Waals surface area contributed by atoms with Crippen LogP contribution in [0.1, 0.15) is 126 Å². The topological polar surface area (TPSA) is 217 Å². The summed E-state index contributed by atoms with van der Waals surface area (Å²) in [5, 5.41) is 55.4. The second-order valence-electron chi connectivity index (χ2n) is 19.2. The summed E-state index contributed by atoms with van der Waals surface area (Å²) in [4.78, 5) is 70.9. The number of piperidine rings is 1. The molecule has 0 unspecified atom stereocenters. The van der Waals surface area contributed by atoms with Gasteiger partial charge < -0.3 is 44.6 Å². The maximum atomic E-state index is 14.3. The number of nitrogens with zero attached hydrogens (tertiary/aromatic N) is 1. The average molecular weight is 886 g/mol. The average Bonchev–Trinajstić information content (AvgIpc) is 3.25. The summed E-state index contributed by atoms with van der Waals surface area (Å²) in [5.74, 6) is -8.87. The van der Waals surface area contributed by atoms with E-state index < -0.39 is 89.6 Å². The lowest BCUT2D eigenvalue weighted by Gasteiger charge is -2.42. The number of ether oxygens (including phenoxy) is 3. The van der Waals surface area contributed by atoms with Crippen LogP contribution >= 0.6 is 0 Å². The fraction of sp³-hybridized carbons (Fsp3) is 0.735. The molecule has 14 nitrogen and oxygen atoms in total. The van der Waals surface area contributed by atoms with Crippen LogP contribution in [-0.4, -0.2) is 128 Å². The van der Waals surface area contributed by atoms with Crippen molar-refractivity contribution in [3.05, 3.63) is 47.6 Å². The molecule has 4 rings (SSSR count). The first-order valence-electron chi connectivity index (χ1n) is 23.2. The van der Waals surface area contributed by atoms with E-state index in [1.807, 2.05) is 26.0 Å². The summed E-state index contributed by atoms with van der Waals surface area (Å²) in [6.07, 6.45) is 8.19. The molecule has 0 aromatic rings. The number of aliphatic hydroxyl groups excluding tert-OH is 4. The fourth-order valence-electron chi connectivity index (χ4n) is 9.62. The molecule has 3 aliphatic heterocycles. The van der Waals surface area contributed by atoms with Gasteiger partial charge in [0.25, 0.3) is 11.7 Å². The van der Waals surface area contributed by atoms with Crippen molar-refractivity contribution < 1.29 is 63.7 Å². The summed E-state index contributed by atoms with van der Waals surface area (Å²) >= 11 is 0. The van der Waals surface area contributed by atoms with Crippen LogP contribution in [0.5, 0.6) is 0 Å². The van der Waals surface area contributed by atoms with E-state index in [0.29, 0.717) is 63.4 Å². The van der Waals surface area contributed by atoms with Gasteiger partial charge in [-0.2, -0.15) is 0 Å². The summed E-state index contributed by atoms with van der Waals surface area (Å²) < 4.78 is 17.7. The molecule has 2 bridgehead atoms. The highest BCUT2D eigenvalue weighted by Crippen LogP contribution is 2.37. The van der Waals surface area contributed by atoms with Crippen LogP contribution in [0.4, 0.5) is 0 Å². The Morgan fingerprint density at radius 1 is 0.857 bits per heavy atom. The molecule has 14 heteroatoms. The molecule has 4 aliphatic rings. The standard InChI is InChI=1S/C49H75NO13/c1-28-14-10-9-11-15-29(2)39(52)26-36-19-17-34(7)49(60,63-36)46(57)47(58)50-21-13-12-16-37(50)48(59)62-41(31(4)24-35-18-20-38(51)42(25-35)61-8)27-40(53)30(3)23-33(6)44(55)45(56)43(54)32(5)22-28/h9-11,14-15,23,28,30-32,34-39,41-42,44-45,51-52,55-56,60H,12-13,16-22,24-27H2,1-8H3/b11-9+,14-10+,29-15+,33-23+/t28-,30-,31-,32+,34+,35-,36+,37-,38-,39+,41+,42+,44+,45+,49+/m0/s1. The SMILES string of the molecule is CO[C@@H]1C[C@H](C[C@H](C)[C@H]2CC(=O)[C@@H](C)/C=C(\C)[C@@H](O)[C@H](O)C(=O)[C@H](C)C[C@@H](C)/C=C/C=C/C=C(\C)[C@H](O)C[C@H]3CC[C@@H](C)[C@@](O)(O3)C(=O)C(=O)N3CCCC[C@H]3C(=O)O2)CC[C@@H]1O. The number of amides is 1. The largest absolute Gasteiger partial charge is 0.460 e. The monoisotopic (exact) mass is 886 g/mol. The van der Waals surface area contributed by atoms with Gasteiger partial charge in [0.15, 0.2) is 5.78 Å². The van der Waals surface area contributed by atoms with Crippen LogP contribution in [-0.2, 0) is 38.2 Å². The number of rotatable bonds is 4. The fourth-order valence-corrected chi connectivity index (χ4v) is 9.62. The zero-order chi connectivity index (χ0) is 46.8. The number of Topliss-reactive ketones (excluding diaryl/α,β-unsaturated/α-hetero) is 3. The van der Waals surface area contributed by atoms with Crippen molar-refractivity contribution in [3.8, 4) is 0 Å². The van der Waals surface area contributed by atoms with Crippen molar-refractivity contribution in [1.82, 2.24) is 4.90 Å². The first-order valence-corrected chi connectivity index (χ1v) is 23.2. The third-order valence-corrected chi connectivity index (χ3v) is 14.0. The number of carbonyl (C=O) groups excluding carboxylic acids is 5. The maximum absolute atomic E-state index is 14.3. The molecular formula is C49H75NO13. The normalized spacial score (nSPS) is 41.3. The number of hydrogen-bond donors (Lipinski definition) is 5. The second-order valence-corrected chi connectivity index (χ2v) is 19.2. The molecule has 3 fully saturated rings. The van der Waals surface area contributed by atoms with E-state index >= 15 is 0 Å². The van der Waals surface area contributed by atoms with Crippen molar-refractivity contribution >= 4 is 29.2 Å². The van der Waals surface area contributed by atoms with Gasteiger partial charge in [0, 0.05) is 44.2 Å². The van der Waals surface area contributed by atoms with Gasteiger partial charge in [-0.05, 0) is 107 Å². The lowest BCUT2D eigenvalue weighted by Crippen LogP contribution is -2.61. The molecule has 354 valence electrons. The Balaban J connectivity index is 1.67. The Morgan fingerprint density at radius 2 is 1.57 bits per heavy atom. The van der Waals surface area contributed by atoms with Crippen LogP contribution in [0.25, 0.3) is 0 Å². The summed E-state index contributed by atoms with van der Waals surface area (Å²) in [5.41, 5.74) is 0.841. The Hall–Kier alpha value is -3.37. The highest BCUT2D eigenvalue weighted by molar-refractivity contribution is 6.39. The third kappa shape index (κ3) is 13.8. The minimum absolute atomic E-state index is 0.0566. The Labute approximate surface area is 373 Å². The van der Waals surface area contributed by atoms with Crippen molar-refractivity contribution in [3.63, 3.8) is 0 Å². The van der Waals surface area contributed by atoms with Gasteiger partial charge in [-0.25, -0.2) is 4.79 Å². The molecule has 63 heavy (non-hydrogen) atoms. The zero-order valence-electron chi connectivity index (χ0n) is 38.7. The Kier molecular flexibility index (Phi) is 19.7. The molecule has 3 heterocycles. The molecule has 0 aromatic carbocycles. The number of aliphatic hydroxyl groups is 5. The van der Waals surface area contributed by atoms with E-state index in [9.17, 15) is 49.5 Å². The van der Waals surface area contributed by atoms with Crippen LogP contribution in [0.15, 0.2) is 47.6 Å². The Morgan fingerprint density at radius 3 is 2.27 bits per heavy atom. The number of allylic oxidation sites excluding steroid dienone is 6. The van der Waals surface area contributed by atoms with Crippen molar-refractivity contribution in [2.45, 2.75) is 180 Å². The first kappa shape index (κ1) is 52.3. The van der Waals surface area contributed by atoms with E-state index in [2.05, 4.69) is 0 Å². The minimum Gasteiger partial charge on any atom is -0.460 e. The summed E-state index contributed by atoms with van der Waals surface area (Å²) in [6, 6.07) is -1.17. The molecule has 1 amide bonds. The van der Waals surface area contributed by atoms with E-state index in [1.54, 1.807) is 60.0 Å². The number of methoxy groups -OCH3 is 1. The number of esters is 1. The van der Waals surface area contributed by atoms with Gasteiger partial charge in [-0.1, -0.05) is 71.1 Å². The second kappa shape index (κ2) is 23.7. The molecule has 0 spiro atoms. The number of fused-ring (bicyclic) bond motifs is 3. The van der Waals surface area contributed by atoms with Gasteiger partial charge >= 0.3 is 5.97 Å². The van der Waals surface area contributed by atoms with Gasteiger partial charge in [0.1, 0.15) is 30.1 Å². The van der Waals surface area contributed by atoms with E-state index in [4.69, 9.17) is 14.2 Å². The first-order chi connectivity index (χ1) is 29.7. The maximum Gasteiger partial charge on any atom is 0.329 e.